The first kappa shape index (κ1) is 16.7. The fourth-order valence-electron chi connectivity index (χ4n) is 3.10. The van der Waals surface area contributed by atoms with Crippen LogP contribution in [0.5, 0.6) is 5.75 Å². The molecule has 2 heterocycles. The Morgan fingerprint density at radius 3 is 2.79 bits per heavy atom. The lowest BCUT2D eigenvalue weighted by Crippen LogP contribution is -2.51. The molecule has 1 atom stereocenters. The number of nitro groups is 1. The van der Waals surface area contributed by atoms with Crippen LogP contribution in [0.2, 0.25) is 0 Å². The highest BCUT2D eigenvalue weighted by atomic mass is 16.7. The van der Waals surface area contributed by atoms with Gasteiger partial charge >= 0.3 is 5.69 Å². The number of ether oxygens (including phenoxy) is 3. The lowest BCUT2D eigenvalue weighted by Gasteiger charge is -2.37. The van der Waals surface area contributed by atoms with Crippen molar-refractivity contribution in [3.63, 3.8) is 0 Å². The first-order chi connectivity index (χ1) is 11.7. The van der Waals surface area contributed by atoms with Gasteiger partial charge in [0.15, 0.2) is 18.6 Å². The molecule has 2 fully saturated rings. The second-order valence-electron chi connectivity index (χ2n) is 5.77. The molecule has 0 aromatic heterocycles. The van der Waals surface area contributed by atoms with Crippen LogP contribution in [0, 0.1) is 10.1 Å². The van der Waals surface area contributed by atoms with Crippen molar-refractivity contribution < 1.29 is 23.9 Å². The monoisotopic (exact) mass is 336 g/mol. The van der Waals surface area contributed by atoms with Crippen LogP contribution in [0.1, 0.15) is 19.3 Å². The summed E-state index contributed by atoms with van der Waals surface area (Å²) in [4.78, 5) is 24.7. The number of likely N-dealkylation sites (tertiary alicyclic amines) is 1. The zero-order valence-electron chi connectivity index (χ0n) is 13.3. The average molecular weight is 336 g/mol. The first-order valence-corrected chi connectivity index (χ1v) is 8.05. The molecule has 0 radical (unpaired) electrons. The largest absolute Gasteiger partial charge is 0.477 e. The zero-order chi connectivity index (χ0) is 16.9. The number of carbonyl (C=O) groups is 1. The van der Waals surface area contributed by atoms with Gasteiger partial charge in [0.05, 0.1) is 24.2 Å². The van der Waals surface area contributed by atoms with Gasteiger partial charge in [0.25, 0.3) is 5.91 Å². The Hall–Kier alpha value is -2.19. The van der Waals surface area contributed by atoms with Crippen LogP contribution >= 0.6 is 0 Å². The van der Waals surface area contributed by atoms with E-state index in [1.807, 2.05) is 0 Å². The van der Waals surface area contributed by atoms with Gasteiger partial charge in [-0.2, -0.15) is 0 Å². The maximum absolute atomic E-state index is 12.5. The van der Waals surface area contributed by atoms with Crippen molar-refractivity contribution in [3.8, 4) is 5.75 Å². The van der Waals surface area contributed by atoms with Crippen molar-refractivity contribution in [1.29, 1.82) is 0 Å². The topological polar surface area (TPSA) is 91.1 Å². The number of hydrogen-bond donors (Lipinski definition) is 0. The molecule has 8 nitrogen and oxygen atoms in total. The van der Waals surface area contributed by atoms with Gasteiger partial charge in [-0.15, -0.1) is 0 Å². The van der Waals surface area contributed by atoms with E-state index in [2.05, 4.69) is 0 Å². The molecule has 2 saturated heterocycles. The number of benzene rings is 1. The standard InChI is InChI=1S/C16H20N2O6/c19-15(11-24-14-7-2-1-5-12(14)18(20)21)17-8-4-3-6-13(17)16-22-9-10-23-16/h1-2,5,7,13,16H,3-4,6,8-11H2. The molecule has 2 aliphatic heterocycles. The second kappa shape index (κ2) is 7.59. The summed E-state index contributed by atoms with van der Waals surface area (Å²) in [5.41, 5.74) is -0.150. The van der Waals surface area contributed by atoms with Gasteiger partial charge in [-0.25, -0.2) is 0 Å². The Balaban J connectivity index is 1.64. The van der Waals surface area contributed by atoms with Crippen molar-refractivity contribution in [3.05, 3.63) is 34.4 Å². The Kier molecular flexibility index (Phi) is 5.27. The van der Waals surface area contributed by atoms with E-state index in [9.17, 15) is 14.9 Å². The van der Waals surface area contributed by atoms with E-state index in [1.54, 1.807) is 17.0 Å². The predicted octanol–water partition coefficient (Wildman–Crippen LogP) is 1.73. The fraction of sp³-hybridized carbons (Fsp3) is 0.562. The molecule has 0 spiro atoms. The molecule has 1 aromatic carbocycles. The Morgan fingerprint density at radius 2 is 2.04 bits per heavy atom. The van der Waals surface area contributed by atoms with Crippen molar-refractivity contribution in [2.45, 2.75) is 31.6 Å². The van der Waals surface area contributed by atoms with Gasteiger partial charge in [0.1, 0.15) is 0 Å². The molecule has 0 saturated carbocycles. The smallest absolute Gasteiger partial charge is 0.310 e. The highest BCUT2D eigenvalue weighted by Crippen LogP contribution is 2.27. The number of nitrogens with zero attached hydrogens (tertiary/aromatic N) is 2. The predicted molar refractivity (Wildman–Crippen MR) is 83.6 cm³/mol. The summed E-state index contributed by atoms with van der Waals surface area (Å²) in [6, 6.07) is 5.91. The summed E-state index contributed by atoms with van der Waals surface area (Å²) in [5.74, 6) is -0.116. The van der Waals surface area contributed by atoms with Crippen molar-refractivity contribution in [2.75, 3.05) is 26.4 Å². The zero-order valence-corrected chi connectivity index (χ0v) is 13.3. The Bertz CT molecular complexity index is 602. The first-order valence-electron chi connectivity index (χ1n) is 8.05. The molecule has 1 aromatic rings. The Labute approximate surface area is 139 Å². The molecule has 8 heteroatoms. The van der Waals surface area contributed by atoms with E-state index >= 15 is 0 Å². The van der Waals surface area contributed by atoms with Crippen LogP contribution in [0.25, 0.3) is 0 Å². The van der Waals surface area contributed by atoms with Crippen LogP contribution in [0.15, 0.2) is 24.3 Å². The van der Waals surface area contributed by atoms with Gasteiger partial charge in [-0.3, -0.25) is 14.9 Å². The summed E-state index contributed by atoms with van der Waals surface area (Å²) < 4.78 is 16.5. The van der Waals surface area contributed by atoms with Crippen molar-refractivity contribution in [1.82, 2.24) is 4.90 Å². The molecule has 0 N–H and O–H groups in total. The number of rotatable bonds is 5. The lowest BCUT2D eigenvalue weighted by molar-refractivity contribution is -0.385. The van der Waals surface area contributed by atoms with Crippen LogP contribution in [-0.2, 0) is 14.3 Å². The van der Waals surface area contributed by atoms with Gasteiger partial charge in [-0.1, -0.05) is 12.1 Å². The van der Waals surface area contributed by atoms with Gasteiger partial charge in [0.2, 0.25) is 0 Å². The Morgan fingerprint density at radius 1 is 1.29 bits per heavy atom. The van der Waals surface area contributed by atoms with Crippen molar-refractivity contribution >= 4 is 11.6 Å². The van der Waals surface area contributed by atoms with Gasteiger partial charge < -0.3 is 19.1 Å². The van der Waals surface area contributed by atoms with Crippen LogP contribution in [-0.4, -0.2) is 54.4 Å². The molecule has 0 bridgehead atoms. The maximum atomic E-state index is 12.5. The number of amides is 1. The number of para-hydroxylation sites is 2. The van der Waals surface area contributed by atoms with Gasteiger partial charge in [-0.05, 0) is 25.3 Å². The van der Waals surface area contributed by atoms with E-state index < -0.39 is 4.92 Å². The summed E-state index contributed by atoms with van der Waals surface area (Å²) in [7, 11) is 0. The fourth-order valence-corrected chi connectivity index (χ4v) is 3.10. The summed E-state index contributed by atoms with van der Waals surface area (Å²) in [6.45, 7) is 1.45. The minimum atomic E-state index is -0.524. The van der Waals surface area contributed by atoms with Crippen LogP contribution < -0.4 is 4.74 Å². The van der Waals surface area contributed by atoms with E-state index in [0.717, 1.165) is 19.3 Å². The molecule has 130 valence electrons. The molecule has 1 unspecified atom stereocenters. The molecular weight excluding hydrogens is 316 g/mol. The SMILES string of the molecule is O=C(COc1ccccc1[N+](=O)[O-])N1CCCCC1C1OCCO1. The average Bonchev–Trinajstić information content (AvgIpc) is 3.14. The molecule has 24 heavy (non-hydrogen) atoms. The highest BCUT2D eigenvalue weighted by Gasteiger charge is 2.36. The molecule has 3 rings (SSSR count). The summed E-state index contributed by atoms with van der Waals surface area (Å²) in [5, 5.41) is 11.0. The van der Waals surface area contributed by atoms with E-state index in [-0.39, 0.29) is 36.3 Å². The second-order valence-corrected chi connectivity index (χ2v) is 5.77. The van der Waals surface area contributed by atoms with Crippen molar-refractivity contribution in [2.24, 2.45) is 0 Å². The third-order valence-electron chi connectivity index (χ3n) is 4.24. The minimum Gasteiger partial charge on any atom is -0.477 e. The number of nitro benzene ring substituents is 1. The van der Waals surface area contributed by atoms with E-state index in [0.29, 0.717) is 19.8 Å². The molecule has 0 aliphatic carbocycles. The van der Waals surface area contributed by atoms with E-state index in [4.69, 9.17) is 14.2 Å². The van der Waals surface area contributed by atoms with Crippen LogP contribution in [0.4, 0.5) is 5.69 Å². The summed E-state index contributed by atoms with van der Waals surface area (Å²) >= 11 is 0. The van der Waals surface area contributed by atoms with Crippen LogP contribution in [0.3, 0.4) is 0 Å². The maximum Gasteiger partial charge on any atom is 0.310 e. The normalized spacial score (nSPS) is 21.7. The molecule has 1 amide bonds. The number of piperidine rings is 1. The van der Waals surface area contributed by atoms with Gasteiger partial charge in [0, 0.05) is 12.6 Å². The highest BCUT2D eigenvalue weighted by molar-refractivity contribution is 5.78. The molecular formula is C16H20N2O6. The minimum absolute atomic E-state index is 0.0952. The quantitative estimate of drug-likeness (QED) is 0.601. The molecule has 2 aliphatic rings. The van der Waals surface area contributed by atoms with E-state index in [1.165, 1.54) is 12.1 Å². The number of hydrogen-bond acceptors (Lipinski definition) is 6. The lowest BCUT2D eigenvalue weighted by atomic mass is 10.0. The third kappa shape index (κ3) is 3.65. The number of carbonyl (C=O) groups excluding carboxylic acids is 1. The third-order valence-corrected chi connectivity index (χ3v) is 4.24. The summed E-state index contributed by atoms with van der Waals surface area (Å²) in [6.07, 6.45) is 2.37.